The Balaban J connectivity index is 2.39. The van der Waals surface area contributed by atoms with Crippen LogP contribution in [0, 0.1) is 5.41 Å². The molecule has 108 valence electrons. The molecule has 2 rings (SSSR count). The van der Waals surface area contributed by atoms with Crippen LogP contribution in [0.1, 0.15) is 13.8 Å². The van der Waals surface area contributed by atoms with E-state index >= 15 is 0 Å². The number of benzene rings is 1. The number of para-hydroxylation sites is 1. The summed E-state index contributed by atoms with van der Waals surface area (Å²) in [6.07, 6.45) is 1.24. The lowest BCUT2D eigenvalue weighted by Gasteiger charge is -2.31. The molecule has 0 unspecified atom stereocenters. The molecule has 0 fully saturated rings. The highest BCUT2D eigenvalue weighted by atomic mass is 32.2. The van der Waals surface area contributed by atoms with Crippen LogP contribution in [0.4, 0.5) is 5.69 Å². The van der Waals surface area contributed by atoms with Gasteiger partial charge in [0.05, 0.1) is 18.2 Å². The molecule has 1 aliphatic heterocycles. The van der Waals surface area contributed by atoms with Crippen molar-refractivity contribution in [1.29, 1.82) is 0 Å². The molecule has 20 heavy (non-hydrogen) atoms. The van der Waals surface area contributed by atoms with Crippen molar-refractivity contribution in [2.75, 3.05) is 18.6 Å². The standard InChI is InChI=1S/C13H16N2O4S/c1-13(2,12(16)19-3)8-15-9-14-20(17,18)11-7-5-4-6-10(11)15/h4-7,9H,8H2,1-3H3. The van der Waals surface area contributed by atoms with E-state index in [-0.39, 0.29) is 17.4 Å². The van der Waals surface area contributed by atoms with Crippen molar-refractivity contribution in [3.05, 3.63) is 24.3 Å². The number of hydrogen-bond donors (Lipinski definition) is 0. The van der Waals surface area contributed by atoms with E-state index in [0.717, 1.165) is 0 Å². The van der Waals surface area contributed by atoms with Crippen molar-refractivity contribution in [3.8, 4) is 0 Å². The van der Waals surface area contributed by atoms with Gasteiger partial charge in [-0.15, -0.1) is 4.40 Å². The highest BCUT2D eigenvalue weighted by molar-refractivity contribution is 7.90. The molecule has 1 aromatic rings. The Labute approximate surface area is 118 Å². The Kier molecular flexibility index (Phi) is 3.56. The molecule has 0 spiro atoms. The van der Waals surface area contributed by atoms with Gasteiger partial charge in [0.2, 0.25) is 0 Å². The lowest BCUT2D eigenvalue weighted by molar-refractivity contribution is -0.150. The molecular formula is C13H16N2O4S. The second kappa shape index (κ2) is 4.90. The number of ether oxygens (including phenoxy) is 1. The molecule has 0 saturated heterocycles. The second-order valence-electron chi connectivity index (χ2n) is 5.17. The number of carbonyl (C=O) groups is 1. The minimum absolute atomic E-state index is 0.142. The van der Waals surface area contributed by atoms with Crippen LogP contribution in [0.25, 0.3) is 0 Å². The van der Waals surface area contributed by atoms with Gasteiger partial charge >= 0.3 is 5.97 Å². The van der Waals surface area contributed by atoms with Crippen molar-refractivity contribution in [1.82, 2.24) is 0 Å². The first-order valence-electron chi connectivity index (χ1n) is 6.02. The van der Waals surface area contributed by atoms with Gasteiger partial charge in [0.15, 0.2) is 0 Å². The highest BCUT2D eigenvalue weighted by Crippen LogP contribution is 2.31. The van der Waals surface area contributed by atoms with Crippen LogP contribution in [0.15, 0.2) is 33.6 Å². The first-order chi connectivity index (χ1) is 9.28. The molecule has 1 aromatic carbocycles. The van der Waals surface area contributed by atoms with E-state index in [1.165, 1.54) is 19.5 Å². The Bertz CT molecular complexity index is 665. The molecular weight excluding hydrogens is 280 g/mol. The summed E-state index contributed by atoms with van der Waals surface area (Å²) in [5.74, 6) is -0.364. The van der Waals surface area contributed by atoms with Gasteiger partial charge in [0.1, 0.15) is 11.2 Å². The molecule has 1 heterocycles. The van der Waals surface area contributed by atoms with Crippen molar-refractivity contribution in [2.45, 2.75) is 18.7 Å². The van der Waals surface area contributed by atoms with Gasteiger partial charge in [-0.3, -0.25) is 4.79 Å². The number of rotatable bonds is 3. The maximum absolute atomic E-state index is 11.9. The van der Waals surface area contributed by atoms with Crippen LogP contribution in [0.5, 0.6) is 0 Å². The molecule has 0 atom stereocenters. The third-order valence-corrected chi connectivity index (χ3v) is 4.35. The van der Waals surface area contributed by atoms with E-state index in [9.17, 15) is 13.2 Å². The van der Waals surface area contributed by atoms with Crippen LogP contribution in [0.2, 0.25) is 0 Å². The molecule has 0 amide bonds. The number of esters is 1. The molecule has 0 saturated carbocycles. The number of carbonyl (C=O) groups excluding carboxylic acids is 1. The van der Waals surface area contributed by atoms with Gasteiger partial charge in [-0.1, -0.05) is 12.1 Å². The lowest BCUT2D eigenvalue weighted by atomic mass is 9.93. The third-order valence-electron chi connectivity index (χ3n) is 3.08. The van der Waals surface area contributed by atoms with E-state index in [4.69, 9.17) is 4.74 Å². The average molecular weight is 296 g/mol. The zero-order valence-corrected chi connectivity index (χ0v) is 12.3. The van der Waals surface area contributed by atoms with E-state index in [1.807, 2.05) is 0 Å². The fraction of sp³-hybridized carbons (Fsp3) is 0.385. The zero-order valence-electron chi connectivity index (χ0n) is 11.5. The summed E-state index contributed by atoms with van der Waals surface area (Å²) in [6.45, 7) is 3.74. The van der Waals surface area contributed by atoms with E-state index in [0.29, 0.717) is 5.69 Å². The fourth-order valence-electron chi connectivity index (χ4n) is 2.04. The first kappa shape index (κ1) is 14.5. The van der Waals surface area contributed by atoms with Crippen LogP contribution in [0.3, 0.4) is 0 Å². The smallest absolute Gasteiger partial charge is 0.313 e. The maximum Gasteiger partial charge on any atom is 0.313 e. The Morgan fingerprint density at radius 3 is 2.65 bits per heavy atom. The lowest BCUT2D eigenvalue weighted by Crippen LogP contribution is -2.41. The summed E-state index contributed by atoms with van der Waals surface area (Å²) < 4.78 is 32.0. The molecule has 0 aromatic heterocycles. The highest BCUT2D eigenvalue weighted by Gasteiger charge is 2.34. The molecule has 0 aliphatic carbocycles. The van der Waals surface area contributed by atoms with Crippen molar-refractivity contribution in [3.63, 3.8) is 0 Å². The number of methoxy groups -OCH3 is 1. The maximum atomic E-state index is 11.9. The molecule has 1 aliphatic rings. The summed E-state index contributed by atoms with van der Waals surface area (Å²) >= 11 is 0. The molecule has 7 heteroatoms. The Morgan fingerprint density at radius 2 is 2.00 bits per heavy atom. The number of anilines is 1. The second-order valence-corrected chi connectivity index (χ2v) is 6.77. The quantitative estimate of drug-likeness (QED) is 0.789. The molecule has 0 bridgehead atoms. The number of fused-ring (bicyclic) bond motifs is 1. The molecule has 0 radical (unpaired) electrons. The molecule has 6 nitrogen and oxygen atoms in total. The van der Waals surface area contributed by atoms with Gasteiger partial charge < -0.3 is 9.64 Å². The summed E-state index contributed by atoms with van der Waals surface area (Å²) in [6, 6.07) is 6.57. The van der Waals surface area contributed by atoms with Crippen LogP contribution < -0.4 is 4.90 Å². The van der Waals surface area contributed by atoms with E-state index < -0.39 is 15.4 Å². The monoisotopic (exact) mass is 296 g/mol. The van der Waals surface area contributed by atoms with Crippen LogP contribution >= 0.6 is 0 Å². The van der Waals surface area contributed by atoms with Gasteiger partial charge in [0, 0.05) is 6.54 Å². The summed E-state index contributed by atoms with van der Waals surface area (Å²) in [5.41, 5.74) is -0.269. The van der Waals surface area contributed by atoms with Crippen molar-refractivity contribution < 1.29 is 17.9 Å². The van der Waals surface area contributed by atoms with Crippen molar-refractivity contribution in [2.24, 2.45) is 9.81 Å². The topological polar surface area (TPSA) is 76.0 Å². The fourth-order valence-corrected chi connectivity index (χ4v) is 3.09. The van der Waals surface area contributed by atoms with E-state index in [2.05, 4.69) is 4.40 Å². The number of sulfonamides is 1. The predicted molar refractivity (Wildman–Crippen MR) is 75.3 cm³/mol. The predicted octanol–water partition coefficient (Wildman–Crippen LogP) is 1.42. The van der Waals surface area contributed by atoms with Gasteiger partial charge in [-0.25, -0.2) is 0 Å². The minimum Gasteiger partial charge on any atom is -0.469 e. The van der Waals surface area contributed by atoms with Crippen LogP contribution in [-0.2, 0) is 19.6 Å². The minimum atomic E-state index is -3.64. The largest absolute Gasteiger partial charge is 0.469 e. The van der Waals surface area contributed by atoms with Gasteiger partial charge in [-0.05, 0) is 26.0 Å². The Morgan fingerprint density at radius 1 is 1.35 bits per heavy atom. The summed E-state index contributed by atoms with van der Waals surface area (Å²) in [5, 5.41) is 0. The SMILES string of the molecule is COC(=O)C(C)(C)CN1C=NS(=O)(=O)c2ccccc21. The summed E-state index contributed by atoms with van der Waals surface area (Å²) in [7, 11) is -2.32. The molecule has 0 N–H and O–H groups in total. The number of nitrogens with zero attached hydrogens (tertiary/aromatic N) is 2. The Hall–Kier alpha value is -1.89. The van der Waals surface area contributed by atoms with Crippen molar-refractivity contribution >= 4 is 28.0 Å². The van der Waals surface area contributed by atoms with E-state index in [1.54, 1.807) is 36.9 Å². The van der Waals surface area contributed by atoms with Gasteiger partial charge in [-0.2, -0.15) is 8.42 Å². The number of hydrogen-bond acceptors (Lipinski definition) is 5. The normalized spacial score (nSPS) is 16.6. The first-order valence-corrected chi connectivity index (χ1v) is 7.46. The zero-order chi connectivity index (χ0) is 15.0. The summed E-state index contributed by atoms with van der Waals surface area (Å²) in [4.78, 5) is 13.5. The van der Waals surface area contributed by atoms with Gasteiger partial charge in [0.25, 0.3) is 10.0 Å². The van der Waals surface area contributed by atoms with Crippen LogP contribution in [-0.4, -0.2) is 34.4 Å². The average Bonchev–Trinajstić information content (AvgIpc) is 2.41. The third kappa shape index (κ3) is 2.53.